The Morgan fingerprint density at radius 1 is 1.22 bits per heavy atom. The summed E-state index contributed by atoms with van der Waals surface area (Å²) in [4.78, 5) is 13.7. The zero-order valence-corrected chi connectivity index (χ0v) is 14.2. The standard InChI is InChI=1S/C19H27NO3/c1-14(21)20-10-9-19(23-13-16-3-4-16)17(12-20)11-15-5-7-18(22-2)8-6-15/h5-8,16-17,19H,3-4,9-13H2,1-2H3/t17-,19+/m0/s1. The van der Waals surface area contributed by atoms with Crippen LogP contribution in [0.5, 0.6) is 5.75 Å². The zero-order chi connectivity index (χ0) is 16.2. The van der Waals surface area contributed by atoms with Crippen LogP contribution in [-0.2, 0) is 16.0 Å². The SMILES string of the molecule is COc1ccc(C[C@H]2CN(C(C)=O)CC[C@H]2OCC2CC2)cc1. The Balaban J connectivity index is 1.64. The van der Waals surface area contributed by atoms with Crippen LogP contribution < -0.4 is 4.74 Å². The number of nitrogens with zero attached hydrogens (tertiary/aromatic N) is 1. The van der Waals surface area contributed by atoms with Gasteiger partial charge in [-0.25, -0.2) is 0 Å². The smallest absolute Gasteiger partial charge is 0.219 e. The average molecular weight is 317 g/mol. The number of ether oxygens (including phenoxy) is 2. The van der Waals surface area contributed by atoms with Crippen molar-refractivity contribution in [2.24, 2.45) is 11.8 Å². The van der Waals surface area contributed by atoms with Gasteiger partial charge in [-0.2, -0.15) is 0 Å². The molecule has 1 saturated carbocycles. The van der Waals surface area contributed by atoms with Gasteiger partial charge in [0.2, 0.25) is 5.91 Å². The van der Waals surface area contributed by atoms with Crippen LogP contribution in [0.1, 0.15) is 31.7 Å². The molecule has 1 aliphatic heterocycles. The van der Waals surface area contributed by atoms with E-state index in [1.807, 2.05) is 17.0 Å². The van der Waals surface area contributed by atoms with Gasteiger partial charge in [0, 0.05) is 32.5 Å². The summed E-state index contributed by atoms with van der Waals surface area (Å²) >= 11 is 0. The van der Waals surface area contributed by atoms with Gasteiger partial charge in [0.25, 0.3) is 0 Å². The molecule has 1 saturated heterocycles. The molecular weight excluding hydrogens is 290 g/mol. The fourth-order valence-corrected chi connectivity index (χ4v) is 3.32. The van der Waals surface area contributed by atoms with Gasteiger partial charge < -0.3 is 14.4 Å². The minimum absolute atomic E-state index is 0.172. The summed E-state index contributed by atoms with van der Waals surface area (Å²) in [7, 11) is 1.68. The second kappa shape index (κ2) is 7.35. The molecule has 0 radical (unpaired) electrons. The number of amides is 1. The lowest BCUT2D eigenvalue weighted by Crippen LogP contribution is -2.47. The van der Waals surface area contributed by atoms with Crippen molar-refractivity contribution in [2.75, 3.05) is 26.8 Å². The Labute approximate surface area is 138 Å². The Bertz CT molecular complexity index is 524. The lowest BCUT2D eigenvalue weighted by atomic mass is 9.88. The molecule has 1 aliphatic carbocycles. The van der Waals surface area contributed by atoms with E-state index in [0.717, 1.165) is 44.2 Å². The quantitative estimate of drug-likeness (QED) is 0.810. The topological polar surface area (TPSA) is 38.8 Å². The molecule has 126 valence electrons. The molecule has 0 unspecified atom stereocenters. The maximum absolute atomic E-state index is 11.7. The van der Waals surface area contributed by atoms with Crippen LogP contribution in [0.4, 0.5) is 0 Å². The molecule has 1 aromatic carbocycles. The summed E-state index contributed by atoms with van der Waals surface area (Å²) in [5.41, 5.74) is 1.28. The number of likely N-dealkylation sites (tertiary alicyclic amines) is 1. The Hall–Kier alpha value is -1.55. The van der Waals surface area contributed by atoms with Gasteiger partial charge in [-0.15, -0.1) is 0 Å². The van der Waals surface area contributed by atoms with Crippen LogP contribution in [0.15, 0.2) is 24.3 Å². The molecule has 1 aromatic rings. The molecule has 23 heavy (non-hydrogen) atoms. The van der Waals surface area contributed by atoms with Crippen molar-refractivity contribution in [1.29, 1.82) is 0 Å². The fraction of sp³-hybridized carbons (Fsp3) is 0.632. The Morgan fingerprint density at radius 2 is 1.96 bits per heavy atom. The van der Waals surface area contributed by atoms with Crippen LogP contribution >= 0.6 is 0 Å². The molecule has 3 rings (SSSR count). The molecule has 1 amide bonds. The number of benzene rings is 1. The highest BCUT2D eigenvalue weighted by Gasteiger charge is 2.32. The van der Waals surface area contributed by atoms with Gasteiger partial charge in [-0.3, -0.25) is 4.79 Å². The predicted octanol–water partition coefficient (Wildman–Crippen LogP) is 2.90. The molecular formula is C19H27NO3. The molecule has 2 atom stereocenters. The van der Waals surface area contributed by atoms with E-state index in [0.29, 0.717) is 5.92 Å². The summed E-state index contributed by atoms with van der Waals surface area (Å²) in [6.07, 6.45) is 4.80. The van der Waals surface area contributed by atoms with E-state index in [9.17, 15) is 4.79 Å². The van der Waals surface area contributed by atoms with Crippen LogP contribution in [0.3, 0.4) is 0 Å². The van der Waals surface area contributed by atoms with Crippen LogP contribution in [0, 0.1) is 11.8 Å². The van der Waals surface area contributed by atoms with Gasteiger partial charge in [0.05, 0.1) is 13.2 Å². The van der Waals surface area contributed by atoms with Gasteiger partial charge in [-0.05, 0) is 49.3 Å². The normalized spacial score (nSPS) is 24.5. The molecule has 0 aromatic heterocycles. The molecule has 4 nitrogen and oxygen atoms in total. The fourth-order valence-electron chi connectivity index (χ4n) is 3.32. The van der Waals surface area contributed by atoms with Crippen molar-refractivity contribution in [2.45, 2.75) is 38.7 Å². The zero-order valence-electron chi connectivity index (χ0n) is 14.2. The number of carbonyl (C=O) groups is 1. The van der Waals surface area contributed by atoms with Crippen molar-refractivity contribution in [3.63, 3.8) is 0 Å². The number of hydrogen-bond donors (Lipinski definition) is 0. The van der Waals surface area contributed by atoms with E-state index in [1.54, 1.807) is 14.0 Å². The average Bonchev–Trinajstić information content (AvgIpc) is 3.38. The lowest BCUT2D eigenvalue weighted by molar-refractivity contribution is -0.134. The summed E-state index contributed by atoms with van der Waals surface area (Å²) < 4.78 is 11.4. The van der Waals surface area contributed by atoms with Crippen molar-refractivity contribution < 1.29 is 14.3 Å². The number of hydrogen-bond acceptors (Lipinski definition) is 3. The number of rotatable bonds is 6. The van der Waals surface area contributed by atoms with E-state index in [4.69, 9.17) is 9.47 Å². The van der Waals surface area contributed by atoms with E-state index in [1.165, 1.54) is 18.4 Å². The first-order valence-corrected chi connectivity index (χ1v) is 8.65. The first-order valence-electron chi connectivity index (χ1n) is 8.65. The van der Waals surface area contributed by atoms with Crippen molar-refractivity contribution in [3.05, 3.63) is 29.8 Å². The summed E-state index contributed by atoms with van der Waals surface area (Å²) in [6.45, 7) is 4.18. The summed E-state index contributed by atoms with van der Waals surface area (Å²) in [5.74, 6) is 2.21. The molecule has 4 heteroatoms. The van der Waals surface area contributed by atoms with E-state index >= 15 is 0 Å². The number of piperidine rings is 1. The van der Waals surface area contributed by atoms with Gasteiger partial charge in [0.1, 0.15) is 5.75 Å². The highest BCUT2D eigenvalue weighted by Crippen LogP contribution is 2.32. The maximum atomic E-state index is 11.7. The minimum Gasteiger partial charge on any atom is -0.497 e. The summed E-state index contributed by atoms with van der Waals surface area (Å²) in [5, 5.41) is 0. The van der Waals surface area contributed by atoms with Gasteiger partial charge in [0.15, 0.2) is 0 Å². The third-order valence-electron chi connectivity index (χ3n) is 5.01. The molecule has 2 aliphatic rings. The van der Waals surface area contributed by atoms with Crippen LogP contribution in [0.2, 0.25) is 0 Å². The largest absolute Gasteiger partial charge is 0.497 e. The Morgan fingerprint density at radius 3 is 2.57 bits per heavy atom. The number of methoxy groups -OCH3 is 1. The highest BCUT2D eigenvalue weighted by molar-refractivity contribution is 5.73. The molecule has 0 spiro atoms. The first kappa shape index (κ1) is 16.3. The minimum atomic E-state index is 0.172. The van der Waals surface area contributed by atoms with Gasteiger partial charge >= 0.3 is 0 Å². The molecule has 1 heterocycles. The molecule has 2 fully saturated rings. The second-order valence-electron chi connectivity index (χ2n) is 6.88. The molecule has 0 N–H and O–H groups in total. The van der Waals surface area contributed by atoms with Crippen LogP contribution in [-0.4, -0.2) is 43.7 Å². The van der Waals surface area contributed by atoms with E-state index in [-0.39, 0.29) is 12.0 Å². The summed E-state index contributed by atoms with van der Waals surface area (Å²) in [6, 6.07) is 8.23. The van der Waals surface area contributed by atoms with Crippen LogP contribution in [0.25, 0.3) is 0 Å². The van der Waals surface area contributed by atoms with Crippen molar-refractivity contribution >= 4 is 5.91 Å². The van der Waals surface area contributed by atoms with Crippen molar-refractivity contribution in [3.8, 4) is 5.75 Å². The number of carbonyl (C=O) groups excluding carboxylic acids is 1. The second-order valence-corrected chi connectivity index (χ2v) is 6.88. The molecule has 0 bridgehead atoms. The van der Waals surface area contributed by atoms with E-state index in [2.05, 4.69) is 12.1 Å². The Kier molecular flexibility index (Phi) is 5.21. The van der Waals surface area contributed by atoms with Crippen molar-refractivity contribution in [1.82, 2.24) is 4.90 Å². The van der Waals surface area contributed by atoms with E-state index < -0.39 is 0 Å². The predicted molar refractivity (Wildman–Crippen MR) is 89.5 cm³/mol. The highest BCUT2D eigenvalue weighted by atomic mass is 16.5. The lowest BCUT2D eigenvalue weighted by Gasteiger charge is -2.38. The first-order chi connectivity index (χ1) is 11.2. The third-order valence-corrected chi connectivity index (χ3v) is 5.01. The maximum Gasteiger partial charge on any atom is 0.219 e. The van der Waals surface area contributed by atoms with Gasteiger partial charge in [-0.1, -0.05) is 12.1 Å². The third kappa shape index (κ3) is 4.47. The monoisotopic (exact) mass is 317 g/mol.